The third-order valence-corrected chi connectivity index (χ3v) is 5.22. The van der Waals surface area contributed by atoms with Gasteiger partial charge >= 0.3 is 17.8 Å². The van der Waals surface area contributed by atoms with Gasteiger partial charge in [0.05, 0.1) is 6.54 Å². The summed E-state index contributed by atoms with van der Waals surface area (Å²) in [4.78, 5) is 49.6. The van der Waals surface area contributed by atoms with Gasteiger partial charge in [-0.15, -0.1) is 0 Å². The second-order valence-electron chi connectivity index (χ2n) is 6.77. The molecule has 1 aliphatic rings. The highest BCUT2D eigenvalue weighted by molar-refractivity contribution is 6.45. The Balaban J connectivity index is 1.74. The second-order valence-corrected chi connectivity index (χ2v) is 7.21. The highest BCUT2D eigenvalue weighted by atomic mass is 35.5. The summed E-state index contributed by atoms with van der Waals surface area (Å²) in [6.45, 7) is 3.95. The lowest BCUT2D eigenvalue weighted by atomic mass is 10.1. The molecule has 0 atom stereocenters. The number of carbonyl (C=O) groups is 4. The minimum atomic E-state index is -0.975. The van der Waals surface area contributed by atoms with Gasteiger partial charge in [0.2, 0.25) is 0 Å². The molecule has 4 amide bonds. The number of Topliss-reactive ketones (excluding diaryl/α,β-unsaturated/α-hetero) is 1. The molecule has 0 radical (unpaired) electrons. The minimum absolute atomic E-state index is 0.379. The molecule has 1 aliphatic heterocycles. The van der Waals surface area contributed by atoms with E-state index in [9.17, 15) is 19.2 Å². The topological polar surface area (TPSA) is 79.7 Å². The van der Waals surface area contributed by atoms with Gasteiger partial charge in [-0.05, 0) is 44.0 Å². The normalized spacial score (nSPS) is 14.4. The highest BCUT2D eigenvalue weighted by Crippen LogP contribution is 2.19. The Morgan fingerprint density at radius 1 is 1.04 bits per heavy atom. The number of hydrogen-bond donors (Lipinski definition) is 0. The molecule has 0 bridgehead atoms. The van der Waals surface area contributed by atoms with Crippen LogP contribution < -0.4 is 0 Å². The predicted molar refractivity (Wildman–Crippen MR) is 103 cm³/mol. The summed E-state index contributed by atoms with van der Waals surface area (Å²) in [5.74, 6) is -2.28. The van der Waals surface area contributed by atoms with Crippen LogP contribution >= 0.6 is 11.6 Å². The van der Waals surface area contributed by atoms with Crippen molar-refractivity contribution < 1.29 is 19.2 Å². The summed E-state index contributed by atoms with van der Waals surface area (Å²) < 4.78 is 2.02. The zero-order chi connectivity index (χ0) is 20.6. The number of ketones is 1. The number of aromatic nitrogens is 1. The summed E-state index contributed by atoms with van der Waals surface area (Å²) in [5.41, 5.74) is 3.23. The number of nitrogens with zero attached hydrogens (tertiary/aromatic N) is 3. The molecule has 1 fully saturated rings. The van der Waals surface area contributed by atoms with Crippen molar-refractivity contribution in [1.82, 2.24) is 14.4 Å². The number of halogens is 1. The van der Waals surface area contributed by atoms with Crippen LogP contribution in [0.1, 0.15) is 27.3 Å². The summed E-state index contributed by atoms with van der Waals surface area (Å²) in [5, 5.41) is 0.681. The first-order valence-electron chi connectivity index (χ1n) is 8.78. The number of likely N-dealkylation sites (N-methyl/N-ethyl adjacent to an activating group) is 1. The average molecular weight is 402 g/mol. The summed E-state index contributed by atoms with van der Waals surface area (Å²) >= 11 is 5.91. The van der Waals surface area contributed by atoms with Crippen molar-refractivity contribution in [3.8, 4) is 0 Å². The van der Waals surface area contributed by atoms with E-state index < -0.39 is 24.4 Å². The molecule has 0 spiro atoms. The monoisotopic (exact) mass is 401 g/mol. The van der Waals surface area contributed by atoms with E-state index in [1.807, 2.05) is 42.7 Å². The molecule has 0 N–H and O–H groups in total. The van der Waals surface area contributed by atoms with Crippen molar-refractivity contribution >= 4 is 35.2 Å². The van der Waals surface area contributed by atoms with Crippen molar-refractivity contribution in [1.29, 1.82) is 0 Å². The number of aryl methyl sites for hydroxylation is 2. The van der Waals surface area contributed by atoms with Gasteiger partial charge in [-0.1, -0.05) is 23.7 Å². The fourth-order valence-corrected chi connectivity index (χ4v) is 3.43. The molecule has 1 saturated heterocycles. The smallest absolute Gasteiger partial charge is 0.334 e. The van der Waals surface area contributed by atoms with Gasteiger partial charge in [0.1, 0.15) is 0 Å². The SMILES string of the molecule is Cc1cc(C(=O)CN2C(=O)C(=O)N(C)C2=O)c(C)n1CCc1ccc(Cl)cc1. The molecular formula is C20H20ClN3O4. The zero-order valence-corrected chi connectivity index (χ0v) is 16.6. The van der Waals surface area contributed by atoms with Gasteiger partial charge in [0, 0.05) is 35.6 Å². The molecule has 1 aromatic heterocycles. The maximum Gasteiger partial charge on any atom is 0.334 e. The Morgan fingerprint density at radius 3 is 2.25 bits per heavy atom. The van der Waals surface area contributed by atoms with E-state index in [4.69, 9.17) is 11.6 Å². The van der Waals surface area contributed by atoms with Crippen molar-refractivity contribution in [3.05, 3.63) is 57.9 Å². The minimum Gasteiger partial charge on any atom is -0.348 e. The van der Waals surface area contributed by atoms with E-state index in [0.717, 1.165) is 23.4 Å². The molecule has 0 aliphatic carbocycles. The molecule has 0 unspecified atom stereocenters. The lowest BCUT2D eigenvalue weighted by molar-refractivity contribution is -0.142. The number of imide groups is 2. The first kappa shape index (κ1) is 19.8. The fraction of sp³-hybridized carbons (Fsp3) is 0.300. The average Bonchev–Trinajstić information content (AvgIpc) is 3.05. The molecule has 146 valence electrons. The molecule has 2 heterocycles. The molecule has 0 saturated carbocycles. The number of urea groups is 1. The van der Waals surface area contributed by atoms with Crippen molar-refractivity contribution in [2.24, 2.45) is 0 Å². The van der Waals surface area contributed by atoms with Crippen molar-refractivity contribution in [3.63, 3.8) is 0 Å². The number of rotatable bonds is 6. The van der Waals surface area contributed by atoms with Crippen LogP contribution in [0, 0.1) is 13.8 Å². The number of carbonyl (C=O) groups excluding carboxylic acids is 4. The van der Waals surface area contributed by atoms with Crippen LogP contribution in [0.4, 0.5) is 4.79 Å². The van der Waals surface area contributed by atoms with Crippen LogP contribution in [0.5, 0.6) is 0 Å². The summed E-state index contributed by atoms with van der Waals surface area (Å²) in [6.07, 6.45) is 0.767. The van der Waals surface area contributed by atoms with Crippen molar-refractivity contribution in [2.45, 2.75) is 26.8 Å². The van der Waals surface area contributed by atoms with Crippen LogP contribution in [0.15, 0.2) is 30.3 Å². The standard InChI is InChI=1S/C20H20ClN3O4/c1-12-10-16(17(25)11-24-19(27)18(26)22(3)20(24)28)13(2)23(12)9-8-14-4-6-15(21)7-5-14/h4-7,10H,8-9,11H2,1-3H3. The van der Waals surface area contributed by atoms with Gasteiger partial charge in [-0.2, -0.15) is 0 Å². The van der Waals surface area contributed by atoms with E-state index in [1.165, 1.54) is 7.05 Å². The lowest BCUT2D eigenvalue weighted by Gasteiger charge is -2.13. The molecule has 1 aromatic carbocycles. The van der Waals surface area contributed by atoms with Gasteiger partial charge in [-0.25, -0.2) is 9.69 Å². The largest absolute Gasteiger partial charge is 0.348 e. The van der Waals surface area contributed by atoms with Gasteiger partial charge in [0.25, 0.3) is 0 Å². The van der Waals surface area contributed by atoms with Crippen LogP contribution in [-0.2, 0) is 22.6 Å². The van der Waals surface area contributed by atoms with Crippen LogP contribution in [-0.4, -0.2) is 51.6 Å². The number of benzene rings is 1. The van der Waals surface area contributed by atoms with E-state index in [2.05, 4.69) is 0 Å². The fourth-order valence-electron chi connectivity index (χ4n) is 3.30. The number of hydrogen-bond acceptors (Lipinski definition) is 4. The third kappa shape index (κ3) is 3.57. The first-order chi connectivity index (χ1) is 13.2. The molecule has 7 nitrogen and oxygen atoms in total. The Morgan fingerprint density at radius 2 is 1.68 bits per heavy atom. The van der Waals surface area contributed by atoms with E-state index in [0.29, 0.717) is 26.9 Å². The molecule has 2 aromatic rings. The summed E-state index contributed by atoms with van der Waals surface area (Å²) in [7, 11) is 1.22. The number of amides is 4. The molecule has 3 rings (SSSR count). The summed E-state index contributed by atoms with van der Waals surface area (Å²) in [6, 6.07) is 8.56. The van der Waals surface area contributed by atoms with Crippen LogP contribution in [0.25, 0.3) is 0 Å². The van der Waals surface area contributed by atoms with E-state index in [-0.39, 0.29) is 5.78 Å². The van der Waals surface area contributed by atoms with E-state index in [1.54, 1.807) is 6.07 Å². The highest BCUT2D eigenvalue weighted by Gasteiger charge is 2.43. The first-order valence-corrected chi connectivity index (χ1v) is 9.16. The Kier molecular flexibility index (Phi) is 5.38. The van der Waals surface area contributed by atoms with Crippen LogP contribution in [0.2, 0.25) is 5.02 Å². The van der Waals surface area contributed by atoms with Gasteiger partial charge in [0.15, 0.2) is 5.78 Å². The van der Waals surface area contributed by atoms with E-state index >= 15 is 0 Å². The third-order valence-electron chi connectivity index (χ3n) is 4.96. The van der Waals surface area contributed by atoms with Crippen LogP contribution in [0.3, 0.4) is 0 Å². The Labute approximate surface area is 167 Å². The Hall–Kier alpha value is -2.93. The maximum atomic E-state index is 12.7. The quantitative estimate of drug-likeness (QED) is 0.423. The van der Waals surface area contributed by atoms with Crippen molar-refractivity contribution in [2.75, 3.05) is 13.6 Å². The second kappa shape index (κ2) is 7.59. The Bertz CT molecular complexity index is 978. The molecular weight excluding hydrogens is 382 g/mol. The zero-order valence-electron chi connectivity index (χ0n) is 15.9. The van der Waals surface area contributed by atoms with Gasteiger partial charge in [-0.3, -0.25) is 19.3 Å². The predicted octanol–water partition coefficient (Wildman–Crippen LogP) is 2.60. The maximum absolute atomic E-state index is 12.7. The van der Waals surface area contributed by atoms with Gasteiger partial charge < -0.3 is 4.57 Å². The molecule has 28 heavy (non-hydrogen) atoms. The lowest BCUT2D eigenvalue weighted by Crippen LogP contribution is -2.36. The molecule has 8 heteroatoms.